The maximum absolute atomic E-state index is 11.8. The molecule has 0 aromatic heterocycles. The number of nitrogens with zero attached hydrogens (tertiary/aromatic N) is 1. The van der Waals surface area contributed by atoms with Crippen LogP contribution in [0.3, 0.4) is 0 Å². The van der Waals surface area contributed by atoms with Gasteiger partial charge in [0.2, 0.25) is 0 Å². The highest BCUT2D eigenvalue weighted by Gasteiger charge is 2.43. The molecule has 2 rings (SSSR count). The molecule has 0 aromatic carbocycles. The van der Waals surface area contributed by atoms with Crippen molar-refractivity contribution in [2.45, 2.75) is 31.7 Å². The summed E-state index contributed by atoms with van der Waals surface area (Å²) in [5.41, 5.74) is 0. The molecule has 0 spiro atoms. The second-order valence-corrected chi connectivity index (χ2v) is 6.15. The zero-order valence-electron chi connectivity index (χ0n) is 8.92. The van der Waals surface area contributed by atoms with Crippen LogP contribution in [0.1, 0.15) is 25.7 Å². The first-order valence-electron chi connectivity index (χ1n) is 5.47. The molecule has 16 heavy (non-hydrogen) atoms. The van der Waals surface area contributed by atoms with Crippen LogP contribution in [-0.2, 0) is 15.0 Å². The minimum atomic E-state index is -3.47. The molecule has 2 N–H and O–H groups in total. The van der Waals surface area contributed by atoms with Gasteiger partial charge in [0.1, 0.15) is 0 Å². The molecule has 2 unspecified atom stereocenters. The van der Waals surface area contributed by atoms with E-state index in [4.69, 9.17) is 5.11 Å². The van der Waals surface area contributed by atoms with Gasteiger partial charge >= 0.3 is 5.97 Å². The summed E-state index contributed by atoms with van der Waals surface area (Å²) in [6.45, 7) is 0.554. The number of hydrogen-bond donors (Lipinski definition) is 2. The highest BCUT2D eigenvalue weighted by Crippen LogP contribution is 2.38. The lowest BCUT2D eigenvalue weighted by atomic mass is 10.1. The van der Waals surface area contributed by atoms with Gasteiger partial charge < -0.3 is 5.11 Å². The molecule has 6 nitrogen and oxygen atoms in total. The molecule has 1 aliphatic carbocycles. The number of rotatable bonds is 5. The molecule has 2 atom stereocenters. The molecule has 2 fully saturated rings. The number of nitrogens with one attached hydrogen (secondary N) is 1. The topological polar surface area (TPSA) is 86.7 Å². The molecule has 1 saturated heterocycles. The van der Waals surface area contributed by atoms with Gasteiger partial charge in [0.15, 0.2) is 0 Å². The third-order valence-electron chi connectivity index (χ3n) is 3.29. The SMILES string of the molecule is O=C(O)CCNS(=O)(=O)N1CC2CCC1C2. The van der Waals surface area contributed by atoms with E-state index in [0.29, 0.717) is 12.5 Å². The van der Waals surface area contributed by atoms with Crippen molar-refractivity contribution in [2.75, 3.05) is 13.1 Å². The fourth-order valence-electron chi connectivity index (χ4n) is 2.54. The Morgan fingerprint density at radius 3 is 2.69 bits per heavy atom. The normalized spacial score (nSPS) is 29.8. The van der Waals surface area contributed by atoms with Crippen LogP contribution in [0.4, 0.5) is 0 Å². The standard InChI is InChI=1S/C9H16N2O4S/c12-9(13)3-4-10-16(14,15)11-6-7-1-2-8(11)5-7/h7-8,10H,1-6H2,(H,12,13). The van der Waals surface area contributed by atoms with E-state index in [0.717, 1.165) is 19.3 Å². The Labute approximate surface area is 94.8 Å². The first kappa shape index (κ1) is 11.8. The van der Waals surface area contributed by atoms with E-state index in [9.17, 15) is 13.2 Å². The first-order valence-corrected chi connectivity index (χ1v) is 6.91. The minimum Gasteiger partial charge on any atom is -0.481 e. The second kappa shape index (κ2) is 4.31. The number of carboxylic acids is 1. The van der Waals surface area contributed by atoms with Crippen LogP contribution in [0.25, 0.3) is 0 Å². The lowest BCUT2D eigenvalue weighted by molar-refractivity contribution is -0.136. The van der Waals surface area contributed by atoms with Gasteiger partial charge in [-0.05, 0) is 25.2 Å². The first-order chi connectivity index (χ1) is 7.49. The summed E-state index contributed by atoms with van der Waals surface area (Å²) >= 11 is 0. The van der Waals surface area contributed by atoms with E-state index < -0.39 is 16.2 Å². The van der Waals surface area contributed by atoms with Crippen LogP contribution < -0.4 is 4.72 Å². The van der Waals surface area contributed by atoms with Crippen molar-refractivity contribution in [3.63, 3.8) is 0 Å². The zero-order chi connectivity index (χ0) is 11.8. The number of carbonyl (C=O) groups is 1. The fourth-order valence-corrected chi connectivity index (χ4v) is 4.06. The Bertz CT molecular complexity index is 381. The Hall–Kier alpha value is -0.660. The summed E-state index contributed by atoms with van der Waals surface area (Å²) in [4.78, 5) is 10.3. The fraction of sp³-hybridized carbons (Fsp3) is 0.889. The van der Waals surface area contributed by atoms with E-state index in [1.165, 1.54) is 4.31 Å². The maximum Gasteiger partial charge on any atom is 0.304 e. The summed E-state index contributed by atoms with van der Waals surface area (Å²) in [5, 5.41) is 8.43. The maximum atomic E-state index is 11.8. The average Bonchev–Trinajstić information content (AvgIpc) is 2.77. The highest BCUT2D eigenvalue weighted by atomic mass is 32.2. The number of hydrogen-bond acceptors (Lipinski definition) is 3. The lowest BCUT2D eigenvalue weighted by Gasteiger charge is -2.25. The van der Waals surface area contributed by atoms with Crippen LogP contribution in [0.2, 0.25) is 0 Å². The Morgan fingerprint density at radius 1 is 1.44 bits per heavy atom. The van der Waals surface area contributed by atoms with E-state index in [2.05, 4.69) is 4.72 Å². The van der Waals surface area contributed by atoms with E-state index in [1.54, 1.807) is 0 Å². The summed E-state index contributed by atoms with van der Waals surface area (Å²) in [5.74, 6) is -0.494. The van der Waals surface area contributed by atoms with Crippen LogP contribution >= 0.6 is 0 Å². The second-order valence-electron chi connectivity index (χ2n) is 4.45. The predicted octanol–water partition coefficient (Wildman–Crippen LogP) is -0.220. The van der Waals surface area contributed by atoms with Gasteiger partial charge in [-0.1, -0.05) is 0 Å². The molecular weight excluding hydrogens is 232 g/mol. The Kier molecular flexibility index (Phi) is 3.18. The smallest absolute Gasteiger partial charge is 0.304 e. The Morgan fingerprint density at radius 2 is 2.19 bits per heavy atom. The van der Waals surface area contributed by atoms with E-state index in [-0.39, 0.29) is 19.0 Å². The number of carboxylic acid groups (broad SMARTS) is 1. The molecule has 7 heteroatoms. The third kappa shape index (κ3) is 2.36. The summed E-state index contributed by atoms with van der Waals surface area (Å²) < 4.78 is 27.5. The van der Waals surface area contributed by atoms with Crippen LogP contribution in [0.15, 0.2) is 0 Å². The van der Waals surface area contributed by atoms with Crippen molar-refractivity contribution in [3.8, 4) is 0 Å². The minimum absolute atomic E-state index is 0.0362. The van der Waals surface area contributed by atoms with Gasteiger partial charge in [-0.15, -0.1) is 0 Å². The molecule has 92 valence electrons. The third-order valence-corrected chi connectivity index (χ3v) is 4.92. The molecule has 0 aromatic rings. The molecule has 0 radical (unpaired) electrons. The molecule has 1 heterocycles. The number of aliphatic carboxylic acids is 1. The van der Waals surface area contributed by atoms with Gasteiger partial charge in [-0.25, -0.2) is 4.72 Å². The average molecular weight is 248 g/mol. The summed E-state index contributed by atoms with van der Waals surface area (Å²) in [7, 11) is -3.47. The molecular formula is C9H16N2O4S. The Balaban J connectivity index is 1.90. The molecule has 2 aliphatic rings. The van der Waals surface area contributed by atoms with Crippen LogP contribution in [0.5, 0.6) is 0 Å². The van der Waals surface area contributed by atoms with Crippen LogP contribution in [0, 0.1) is 5.92 Å². The monoisotopic (exact) mass is 248 g/mol. The van der Waals surface area contributed by atoms with Gasteiger partial charge in [0.05, 0.1) is 6.42 Å². The van der Waals surface area contributed by atoms with Crippen molar-refractivity contribution in [3.05, 3.63) is 0 Å². The van der Waals surface area contributed by atoms with Crippen molar-refractivity contribution in [1.82, 2.24) is 9.03 Å². The van der Waals surface area contributed by atoms with E-state index in [1.807, 2.05) is 0 Å². The zero-order valence-corrected chi connectivity index (χ0v) is 9.74. The van der Waals surface area contributed by atoms with Gasteiger partial charge in [-0.2, -0.15) is 12.7 Å². The molecule has 1 aliphatic heterocycles. The van der Waals surface area contributed by atoms with Crippen LogP contribution in [-0.4, -0.2) is 42.9 Å². The van der Waals surface area contributed by atoms with Crippen molar-refractivity contribution < 1.29 is 18.3 Å². The molecule has 0 amide bonds. The van der Waals surface area contributed by atoms with Gasteiger partial charge in [0.25, 0.3) is 10.2 Å². The number of fused-ring (bicyclic) bond motifs is 2. The molecule has 2 bridgehead atoms. The summed E-state index contributed by atoms with van der Waals surface area (Å²) in [6, 6.07) is 0.132. The predicted molar refractivity (Wildman–Crippen MR) is 57.0 cm³/mol. The molecule has 1 saturated carbocycles. The lowest BCUT2D eigenvalue weighted by Crippen LogP contribution is -2.45. The highest BCUT2D eigenvalue weighted by molar-refractivity contribution is 7.87. The van der Waals surface area contributed by atoms with Crippen molar-refractivity contribution >= 4 is 16.2 Å². The van der Waals surface area contributed by atoms with E-state index >= 15 is 0 Å². The summed E-state index contributed by atoms with van der Waals surface area (Å²) in [6.07, 6.45) is 2.83. The van der Waals surface area contributed by atoms with Gasteiger partial charge in [-0.3, -0.25) is 4.79 Å². The number of piperidine rings is 1. The van der Waals surface area contributed by atoms with Gasteiger partial charge in [0, 0.05) is 19.1 Å². The largest absolute Gasteiger partial charge is 0.481 e. The van der Waals surface area contributed by atoms with Crippen molar-refractivity contribution in [2.24, 2.45) is 5.92 Å². The van der Waals surface area contributed by atoms with Crippen molar-refractivity contribution in [1.29, 1.82) is 0 Å². The quantitative estimate of drug-likeness (QED) is 0.704.